The zero-order valence-corrected chi connectivity index (χ0v) is 8.54. The van der Waals surface area contributed by atoms with Crippen LogP contribution in [0.15, 0.2) is 26.1 Å². The van der Waals surface area contributed by atoms with Crippen molar-refractivity contribution in [1.29, 1.82) is 0 Å². The summed E-state index contributed by atoms with van der Waals surface area (Å²) in [6.07, 6.45) is 0. The quantitative estimate of drug-likeness (QED) is 0.672. The summed E-state index contributed by atoms with van der Waals surface area (Å²) in [7, 11) is 1.47. The van der Waals surface area contributed by atoms with Crippen molar-refractivity contribution in [3.63, 3.8) is 0 Å². The zero-order valence-electron chi connectivity index (χ0n) is 7.78. The highest BCUT2D eigenvalue weighted by Gasteiger charge is 2.10. The van der Waals surface area contributed by atoms with Crippen LogP contribution in [0.1, 0.15) is 0 Å². The van der Waals surface area contributed by atoms with Gasteiger partial charge in [0.05, 0.1) is 16.6 Å². The van der Waals surface area contributed by atoms with Crippen molar-refractivity contribution in [2.24, 2.45) is 7.05 Å². The van der Waals surface area contributed by atoms with Gasteiger partial charge >= 0.3 is 11.4 Å². The van der Waals surface area contributed by atoms with Crippen LogP contribution in [-0.2, 0) is 7.05 Å². The Hall–Kier alpha value is -1.75. The fraction of sp³-hybridized carbons (Fsp3) is 0.111. The number of hydrogen-bond acceptors (Lipinski definition) is 4. The van der Waals surface area contributed by atoms with Gasteiger partial charge in [0.25, 0.3) is 0 Å². The Balaban J connectivity index is 3.17. The van der Waals surface area contributed by atoms with Crippen molar-refractivity contribution in [1.82, 2.24) is 4.57 Å². The van der Waals surface area contributed by atoms with Crippen molar-refractivity contribution in [3.05, 3.63) is 38.1 Å². The maximum atomic E-state index is 11.4. The molecule has 0 aliphatic carbocycles. The largest absolute Gasteiger partial charge is 0.422 e. The van der Waals surface area contributed by atoms with E-state index in [1.54, 1.807) is 0 Å². The van der Waals surface area contributed by atoms with Crippen LogP contribution < -0.4 is 17.1 Å². The highest BCUT2D eigenvalue weighted by molar-refractivity contribution is 6.31. The van der Waals surface area contributed by atoms with Crippen molar-refractivity contribution < 1.29 is 4.42 Å². The molecule has 1 heterocycles. The van der Waals surface area contributed by atoms with E-state index in [2.05, 4.69) is 4.42 Å². The molecule has 5 nitrogen and oxygen atoms in total. The predicted octanol–water partition coefficient (Wildman–Crippen LogP) is 0.727. The van der Waals surface area contributed by atoms with E-state index < -0.39 is 11.4 Å². The summed E-state index contributed by atoms with van der Waals surface area (Å²) in [6, 6.07) is 2.89. The first-order valence-electron chi connectivity index (χ1n) is 4.09. The van der Waals surface area contributed by atoms with Gasteiger partial charge in [0, 0.05) is 12.1 Å². The second-order valence-corrected chi connectivity index (χ2v) is 3.54. The summed E-state index contributed by atoms with van der Waals surface area (Å²) in [4.78, 5) is 22.6. The summed E-state index contributed by atoms with van der Waals surface area (Å²) in [5.41, 5.74) is 5.54. The molecule has 78 valence electrons. The van der Waals surface area contributed by atoms with Crippen molar-refractivity contribution in [2.75, 3.05) is 5.73 Å². The topological polar surface area (TPSA) is 78.2 Å². The molecule has 2 N–H and O–H groups in total. The SMILES string of the molecule is Cn1c(=O)oc(=O)c2cc(Cl)cc(N)c21. The Kier molecular flexibility index (Phi) is 2.04. The Labute approximate surface area is 88.7 Å². The number of halogens is 1. The average molecular weight is 227 g/mol. The lowest BCUT2D eigenvalue weighted by Crippen LogP contribution is -2.23. The highest BCUT2D eigenvalue weighted by Crippen LogP contribution is 2.21. The normalized spacial score (nSPS) is 10.8. The molecule has 2 aromatic rings. The maximum absolute atomic E-state index is 11.4. The van der Waals surface area contributed by atoms with Crippen molar-refractivity contribution >= 4 is 28.2 Å². The maximum Gasteiger partial charge on any atom is 0.422 e. The number of fused-ring (bicyclic) bond motifs is 1. The second-order valence-electron chi connectivity index (χ2n) is 3.11. The van der Waals surface area contributed by atoms with Gasteiger partial charge in [-0.2, -0.15) is 0 Å². The molecule has 0 spiro atoms. The summed E-state index contributed by atoms with van der Waals surface area (Å²) in [5, 5.41) is 0.521. The van der Waals surface area contributed by atoms with Gasteiger partial charge in [0.2, 0.25) is 0 Å². The molecule has 1 aromatic heterocycles. The minimum absolute atomic E-state index is 0.196. The summed E-state index contributed by atoms with van der Waals surface area (Å²) in [5.74, 6) is -0.749. The van der Waals surface area contributed by atoms with E-state index in [-0.39, 0.29) is 11.1 Å². The van der Waals surface area contributed by atoms with Crippen LogP contribution in [0.2, 0.25) is 5.02 Å². The first-order valence-corrected chi connectivity index (χ1v) is 4.47. The van der Waals surface area contributed by atoms with Gasteiger partial charge in [0.1, 0.15) is 0 Å². The molecule has 0 aliphatic rings. The van der Waals surface area contributed by atoms with Gasteiger partial charge in [-0.05, 0) is 12.1 Å². The van der Waals surface area contributed by atoms with Crippen LogP contribution in [0.4, 0.5) is 5.69 Å². The Morgan fingerprint density at radius 3 is 2.73 bits per heavy atom. The van der Waals surface area contributed by atoms with E-state index in [0.29, 0.717) is 10.5 Å². The van der Waals surface area contributed by atoms with E-state index in [4.69, 9.17) is 17.3 Å². The molecule has 0 amide bonds. The van der Waals surface area contributed by atoms with Gasteiger partial charge < -0.3 is 10.2 Å². The Morgan fingerprint density at radius 2 is 2.07 bits per heavy atom. The minimum Gasteiger partial charge on any atom is -0.397 e. The molecule has 2 rings (SSSR count). The van der Waals surface area contributed by atoms with E-state index in [0.717, 1.165) is 0 Å². The van der Waals surface area contributed by atoms with Gasteiger partial charge in [-0.25, -0.2) is 9.59 Å². The fourth-order valence-corrected chi connectivity index (χ4v) is 1.67. The summed E-state index contributed by atoms with van der Waals surface area (Å²) in [6.45, 7) is 0. The molecule has 0 fully saturated rings. The van der Waals surface area contributed by atoms with Gasteiger partial charge in [-0.15, -0.1) is 0 Å². The molecule has 0 saturated heterocycles. The molecule has 0 radical (unpaired) electrons. The number of aromatic nitrogens is 1. The molecule has 0 aliphatic heterocycles. The number of nitrogens with zero attached hydrogens (tertiary/aromatic N) is 1. The Bertz CT molecular complexity index is 657. The molecular weight excluding hydrogens is 220 g/mol. The number of benzene rings is 1. The molecule has 0 atom stereocenters. The highest BCUT2D eigenvalue weighted by atomic mass is 35.5. The molecule has 0 bridgehead atoms. The molecule has 1 aromatic carbocycles. The number of aryl methyl sites for hydroxylation is 1. The standard InChI is InChI=1S/C9H7ClN2O3/c1-12-7-5(8(13)15-9(12)14)2-4(10)3-6(7)11/h2-3H,11H2,1H3. The van der Waals surface area contributed by atoms with Crippen LogP contribution in [0.25, 0.3) is 10.9 Å². The van der Waals surface area contributed by atoms with E-state index in [1.807, 2.05) is 0 Å². The smallest absolute Gasteiger partial charge is 0.397 e. The molecule has 15 heavy (non-hydrogen) atoms. The third-order valence-electron chi connectivity index (χ3n) is 2.11. The molecular formula is C9H7ClN2O3. The lowest BCUT2D eigenvalue weighted by atomic mass is 10.2. The van der Waals surface area contributed by atoms with Gasteiger partial charge in [0.15, 0.2) is 0 Å². The monoisotopic (exact) mass is 226 g/mol. The second kappa shape index (κ2) is 3.13. The van der Waals surface area contributed by atoms with Gasteiger partial charge in [-0.1, -0.05) is 11.6 Å². The summed E-state index contributed by atoms with van der Waals surface area (Å²) < 4.78 is 5.64. The van der Waals surface area contributed by atoms with E-state index >= 15 is 0 Å². The molecule has 6 heteroatoms. The first kappa shape index (κ1) is 9.79. The number of rotatable bonds is 0. The van der Waals surface area contributed by atoms with E-state index in [1.165, 1.54) is 23.7 Å². The van der Waals surface area contributed by atoms with Crippen LogP contribution in [-0.4, -0.2) is 4.57 Å². The Morgan fingerprint density at radius 1 is 1.40 bits per heavy atom. The average Bonchev–Trinajstić information content (AvgIpc) is 2.13. The third-order valence-corrected chi connectivity index (χ3v) is 2.33. The predicted molar refractivity (Wildman–Crippen MR) is 57.1 cm³/mol. The number of anilines is 1. The number of hydrogen-bond donors (Lipinski definition) is 1. The summed E-state index contributed by atoms with van der Waals surface area (Å²) >= 11 is 5.74. The van der Waals surface area contributed by atoms with Crippen molar-refractivity contribution in [3.8, 4) is 0 Å². The van der Waals surface area contributed by atoms with Crippen molar-refractivity contribution in [2.45, 2.75) is 0 Å². The third kappa shape index (κ3) is 1.41. The molecule has 0 unspecified atom stereocenters. The lowest BCUT2D eigenvalue weighted by Gasteiger charge is -2.05. The minimum atomic E-state index is -0.749. The fourth-order valence-electron chi connectivity index (χ4n) is 1.44. The first-order chi connectivity index (χ1) is 7.00. The number of nitrogen functional groups attached to an aromatic ring is 1. The van der Waals surface area contributed by atoms with E-state index in [9.17, 15) is 9.59 Å². The lowest BCUT2D eigenvalue weighted by molar-refractivity contribution is 0.433. The van der Waals surface area contributed by atoms with Crippen LogP contribution in [0, 0.1) is 0 Å². The van der Waals surface area contributed by atoms with Crippen LogP contribution in [0.3, 0.4) is 0 Å². The molecule has 0 saturated carbocycles. The van der Waals surface area contributed by atoms with Crippen LogP contribution in [0.5, 0.6) is 0 Å². The van der Waals surface area contributed by atoms with Gasteiger partial charge in [-0.3, -0.25) is 4.57 Å². The van der Waals surface area contributed by atoms with Crippen LogP contribution >= 0.6 is 11.6 Å². The number of nitrogens with two attached hydrogens (primary N) is 1. The zero-order chi connectivity index (χ0) is 11.2.